The SMILES string of the molecule is Cc1ccc(OCCC(=O)NCC(C)N2CCC(C)CC2)c(C)c1. The van der Waals surface area contributed by atoms with Crippen LogP contribution in [0.15, 0.2) is 18.2 Å². The van der Waals surface area contributed by atoms with E-state index < -0.39 is 0 Å². The molecule has 1 N–H and O–H groups in total. The van der Waals surface area contributed by atoms with Gasteiger partial charge in [-0.2, -0.15) is 0 Å². The first kappa shape index (κ1) is 18.8. The number of aryl methyl sites for hydroxylation is 2. The molecule has 1 unspecified atom stereocenters. The Hall–Kier alpha value is -1.55. The van der Waals surface area contributed by atoms with E-state index in [1.54, 1.807) is 0 Å². The number of likely N-dealkylation sites (tertiary alicyclic amines) is 1. The van der Waals surface area contributed by atoms with Crippen LogP contribution in [0.25, 0.3) is 0 Å². The van der Waals surface area contributed by atoms with E-state index in [0.29, 0.717) is 19.1 Å². The Morgan fingerprint density at radius 2 is 2.04 bits per heavy atom. The van der Waals surface area contributed by atoms with Crippen molar-refractivity contribution in [3.63, 3.8) is 0 Å². The number of piperidine rings is 1. The van der Waals surface area contributed by atoms with Gasteiger partial charge in [-0.25, -0.2) is 0 Å². The van der Waals surface area contributed by atoms with Crippen molar-refractivity contribution >= 4 is 5.91 Å². The summed E-state index contributed by atoms with van der Waals surface area (Å²) in [5.41, 5.74) is 2.34. The number of nitrogens with zero attached hydrogens (tertiary/aromatic N) is 1. The number of benzene rings is 1. The molecule has 0 bridgehead atoms. The number of hydrogen-bond acceptors (Lipinski definition) is 3. The van der Waals surface area contributed by atoms with Crippen molar-refractivity contribution in [2.75, 3.05) is 26.2 Å². The van der Waals surface area contributed by atoms with Gasteiger partial charge in [0.15, 0.2) is 0 Å². The zero-order chi connectivity index (χ0) is 17.5. The number of nitrogens with one attached hydrogen (secondary N) is 1. The standard InChI is InChI=1S/C20H32N2O2/c1-15-7-10-22(11-8-15)18(4)14-21-20(23)9-12-24-19-6-5-16(2)13-17(19)3/h5-6,13,15,18H,7-12,14H2,1-4H3,(H,21,23). The zero-order valence-corrected chi connectivity index (χ0v) is 15.6. The smallest absolute Gasteiger partial charge is 0.223 e. The predicted octanol–water partition coefficient (Wildman–Crippen LogP) is 3.31. The van der Waals surface area contributed by atoms with Crippen molar-refractivity contribution < 1.29 is 9.53 Å². The van der Waals surface area contributed by atoms with Crippen LogP contribution < -0.4 is 10.1 Å². The molecule has 1 aliphatic heterocycles. The van der Waals surface area contributed by atoms with E-state index in [1.807, 2.05) is 19.1 Å². The molecule has 1 aromatic carbocycles. The van der Waals surface area contributed by atoms with E-state index in [-0.39, 0.29) is 5.91 Å². The molecule has 0 saturated carbocycles. The van der Waals surface area contributed by atoms with Crippen LogP contribution in [-0.2, 0) is 4.79 Å². The van der Waals surface area contributed by atoms with Gasteiger partial charge in [0, 0.05) is 12.6 Å². The van der Waals surface area contributed by atoms with Crippen LogP contribution in [0.4, 0.5) is 0 Å². The minimum atomic E-state index is 0.0667. The lowest BCUT2D eigenvalue weighted by molar-refractivity contribution is -0.121. The second-order valence-electron chi connectivity index (χ2n) is 7.24. The fourth-order valence-electron chi connectivity index (χ4n) is 3.16. The van der Waals surface area contributed by atoms with Gasteiger partial charge in [0.1, 0.15) is 5.75 Å². The number of carbonyl (C=O) groups is 1. The fraction of sp³-hybridized carbons (Fsp3) is 0.650. The normalized spacial score (nSPS) is 17.5. The van der Waals surface area contributed by atoms with Crippen LogP contribution in [0.1, 0.15) is 44.2 Å². The Kier molecular flexibility index (Phi) is 7.10. The molecule has 0 aromatic heterocycles. The van der Waals surface area contributed by atoms with Crippen molar-refractivity contribution in [1.82, 2.24) is 10.2 Å². The molecule has 0 aliphatic carbocycles. The van der Waals surface area contributed by atoms with Crippen molar-refractivity contribution in [3.8, 4) is 5.75 Å². The molecule has 4 nitrogen and oxygen atoms in total. The molecule has 1 saturated heterocycles. The highest BCUT2D eigenvalue weighted by Gasteiger charge is 2.20. The van der Waals surface area contributed by atoms with Crippen LogP contribution in [0.5, 0.6) is 5.75 Å². The van der Waals surface area contributed by atoms with Crippen LogP contribution in [0, 0.1) is 19.8 Å². The number of rotatable bonds is 7. The Morgan fingerprint density at radius 1 is 1.33 bits per heavy atom. The maximum absolute atomic E-state index is 12.0. The molecule has 1 atom stereocenters. The van der Waals surface area contributed by atoms with E-state index in [1.165, 1.54) is 18.4 Å². The second-order valence-corrected chi connectivity index (χ2v) is 7.24. The van der Waals surface area contributed by atoms with Crippen LogP contribution in [0.2, 0.25) is 0 Å². The van der Waals surface area contributed by atoms with Gasteiger partial charge in [0.2, 0.25) is 5.91 Å². The van der Waals surface area contributed by atoms with Crippen LogP contribution >= 0.6 is 0 Å². The molecule has 0 radical (unpaired) electrons. The van der Waals surface area contributed by atoms with Crippen molar-refractivity contribution in [2.45, 2.75) is 53.0 Å². The molecule has 134 valence electrons. The van der Waals surface area contributed by atoms with E-state index in [2.05, 4.69) is 37.1 Å². The summed E-state index contributed by atoms with van der Waals surface area (Å²) in [6, 6.07) is 6.50. The third-order valence-corrected chi connectivity index (χ3v) is 4.95. The summed E-state index contributed by atoms with van der Waals surface area (Å²) >= 11 is 0. The highest BCUT2D eigenvalue weighted by molar-refractivity contribution is 5.76. The predicted molar refractivity (Wildman–Crippen MR) is 98.5 cm³/mol. The molecule has 1 heterocycles. The Bertz CT molecular complexity index is 536. The molecule has 1 amide bonds. The average Bonchev–Trinajstić information content (AvgIpc) is 2.55. The van der Waals surface area contributed by atoms with Crippen molar-refractivity contribution in [1.29, 1.82) is 0 Å². The summed E-state index contributed by atoms with van der Waals surface area (Å²) in [5.74, 6) is 1.77. The van der Waals surface area contributed by atoms with Crippen LogP contribution in [-0.4, -0.2) is 43.1 Å². The van der Waals surface area contributed by atoms with Gasteiger partial charge in [-0.1, -0.05) is 24.6 Å². The Labute approximate surface area is 146 Å². The minimum Gasteiger partial charge on any atom is -0.493 e. The number of ether oxygens (including phenoxy) is 1. The van der Waals surface area contributed by atoms with Crippen molar-refractivity contribution in [2.24, 2.45) is 5.92 Å². The third kappa shape index (κ3) is 5.82. The lowest BCUT2D eigenvalue weighted by Crippen LogP contribution is -2.45. The Balaban J connectivity index is 1.64. The summed E-state index contributed by atoms with van der Waals surface area (Å²) in [4.78, 5) is 14.5. The molecule has 4 heteroatoms. The van der Waals surface area contributed by atoms with E-state index in [4.69, 9.17) is 4.74 Å². The molecule has 1 fully saturated rings. The minimum absolute atomic E-state index is 0.0667. The summed E-state index contributed by atoms with van der Waals surface area (Å²) in [6.07, 6.45) is 2.93. The topological polar surface area (TPSA) is 41.6 Å². The Morgan fingerprint density at radius 3 is 2.71 bits per heavy atom. The van der Waals surface area contributed by atoms with E-state index in [0.717, 1.165) is 36.9 Å². The second kappa shape index (κ2) is 9.07. The van der Waals surface area contributed by atoms with E-state index in [9.17, 15) is 4.79 Å². The largest absolute Gasteiger partial charge is 0.493 e. The van der Waals surface area contributed by atoms with Gasteiger partial charge in [-0.05, 0) is 64.3 Å². The lowest BCUT2D eigenvalue weighted by atomic mass is 9.98. The van der Waals surface area contributed by atoms with Crippen molar-refractivity contribution in [3.05, 3.63) is 29.3 Å². The van der Waals surface area contributed by atoms with Gasteiger partial charge < -0.3 is 10.1 Å². The fourth-order valence-corrected chi connectivity index (χ4v) is 3.16. The highest BCUT2D eigenvalue weighted by Crippen LogP contribution is 2.19. The lowest BCUT2D eigenvalue weighted by Gasteiger charge is -2.35. The third-order valence-electron chi connectivity index (χ3n) is 4.95. The molecule has 2 rings (SSSR count). The quantitative estimate of drug-likeness (QED) is 0.833. The first-order valence-corrected chi connectivity index (χ1v) is 9.16. The monoisotopic (exact) mass is 332 g/mol. The van der Waals surface area contributed by atoms with Gasteiger partial charge in [0.05, 0.1) is 13.0 Å². The van der Waals surface area contributed by atoms with E-state index >= 15 is 0 Å². The summed E-state index contributed by atoms with van der Waals surface area (Å²) in [5, 5.41) is 3.04. The zero-order valence-electron chi connectivity index (χ0n) is 15.6. The highest BCUT2D eigenvalue weighted by atomic mass is 16.5. The summed E-state index contributed by atoms with van der Waals surface area (Å²) in [6.45, 7) is 12.0. The molecular weight excluding hydrogens is 300 g/mol. The first-order chi connectivity index (χ1) is 11.5. The number of amides is 1. The van der Waals surface area contributed by atoms with Gasteiger partial charge in [-0.15, -0.1) is 0 Å². The summed E-state index contributed by atoms with van der Waals surface area (Å²) in [7, 11) is 0. The number of carbonyl (C=O) groups excluding carboxylic acids is 1. The maximum atomic E-state index is 12.0. The van der Waals surface area contributed by atoms with Gasteiger partial charge >= 0.3 is 0 Å². The van der Waals surface area contributed by atoms with Crippen LogP contribution in [0.3, 0.4) is 0 Å². The number of hydrogen-bond donors (Lipinski definition) is 1. The molecule has 0 spiro atoms. The molecule has 1 aromatic rings. The first-order valence-electron chi connectivity index (χ1n) is 9.16. The van der Waals surface area contributed by atoms with Gasteiger partial charge in [-0.3, -0.25) is 9.69 Å². The molecule has 1 aliphatic rings. The molecular formula is C20H32N2O2. The van der Waals surface area contributed by atoms with Gasteiger partial charge in [0.25, 0.3) is 0 Å². The molecule has 24 heavy (non-hydrogen) atoms. The summed E-state index contributed by atoms with van der Waals surface area (Å²) < 4.78 is 5.73. The maximum Gasteiger partial charge on any atom is 0.223 e. The average molecular weight is 332 g/mol.